The number of hydrogen-bond acceptors (Lipinski definition) is 3. The molecule has 0 saturated heterocycles. The Bertz CT molecular complexity index is 482. The minimum absolute atomic E-state index is 0.158. The average Bonchev–Trinajstić information content (AvgIpc) is 2.45. The van der Waals surface area contributed by atoms with Gasteiger partial charge in [0.2, 0.25) is 0 Å². The predicted molar refractivity (Wildman–Crippen MR) is 96.6 cm³/mol. The van der Waals surface area contributed by atoms with E-state index in [0.717, 1.165) is 22.9 Å². The quantitative estimate of drug-likeness (QED) is 0.649. The van der Waals surface area contributed by atoms with E-state index in [1.54, 1.807) is 12.0 Å². The summed E-state index contributed by atoms with van der Waals surface area (Å²) in [5, 5.41) is 0. The Kier molecular flexibility index (Phi) is 8.06. The SMILES string of the molecule is CCCCN(C(=O)OC(C)(C)C)[C@H](COC)c1ccc(Br)cc1. The Hall–Kier alpha value is -1.07. The highest BCUT2D eigenvalue weighted by atomic mass is 79.9. The van der Waals surface area contributed by atoms with Gasteiger partial charge in [-0.25, -0.2) is 4.79 Å². The number of carbonyl (C=O) groups excluding carboxylic acids is 1. The normalized spacial score (nSPS) is 12.8. The summed E-state index contributed by atoms with van der Waals surface area (Å²) in [4.78, 5) is 14.4. The molecule has 130 valence electrons. The summed E-state index contributed by atoms with van der Waals surface area (Å²) in [6.07, 6.45) is 1.64. The van der Waals surface area contributed by atoms with Crippen LogP contribution in [0.1, 0.15) is 52.1 Å². The van der Waals surface area contributed by atoms with Crippen LogP contribution in [0, 0.1) is 0 Å². The summed E-state index contributed by atoms with van der Waals surface area (Å²) in [7, 11) is 1.65. The topological polar surface area (TPSA) is 38.8 Å². The molecule has 1 amide bonds. The maximum Gasteiger partial charge on any atom is 0.410 e. The summed E-state index contributed by atoms with van der Waals surface area (Å²) >= 11 is 3.44. The maximum absolute atomic E-state index is 12.7. The van der Waals surface area contributed by atoms with Crippen LogP contribution in [0.15, 0.2) is 28.7 Å². The zero-order valence-electron chi connectivity index (χ0n) is 14.8. The monoisotopic (exact) mass is 385 g/mol. The zero-order valence-corrected chi connectivity index (χ0v) is 16.4. The number of amides is 1. The zero-order chi connectivity index (χ0) is 17.5. The van der Waals surface area contributed by atoms with Crippen molar-refractivity contribution >= 4 is 22.0 Å². The lowest BCUT2D eigenvalue weighted by Crippen LogP contribution is -2.41. The van der Waals surface area contributed by atoms with Crippen molar-refractivity contribution in [1.29, 1.82) is 0 Å². The molecule has 1 rings (SSSR count). The third-order valence-electron chi connectivity index (χ3n) is 3.34. The summed E-state index contributed by atoms with van der Waals surface area (Å²) in [6.45, 7) is 8.84. The van der Waals surface area contributed by atoms with Crippen molar-refractivity contribution in [3.63, 3.8) is 0 Å². The maximum atomic E-state index is 12.7. The molecule has 1 atom stereocenters. The highest BCUT2D eigenvalue weighted by Crippen LogP contribution is 2.25. The molecular weight excluding hydrogens is 358 g/mol. The van der Waals surface area contributed by atoms with Crippen molar-refractivity contribution in [1.82, 2.24) is 4.90 Å². The number of carbonyl (C=O) groups is 1. The van der Waals surface area contributed by atoms with E-state index < -0.39 is 5.60 Å². The molecule has 0 spiro atoms. The van der Waals surface area contributed by atoms with Crippen LogP contribution in [0.4, 0.5) is 4.79 Å². The molecule has 1 aromatic carbocycles. The highest BCUT2D eigenvalue weighted by Gasteiger charge is 2.29. The van der Waals surface area contributed by atoms with Gasteiger partial charge >= 0.3 is 6.09 Å². The average molecular weight is 386 g/mol. The van der Waals surface area contributed by atoms with E-state index in [1.165, 1.54) is 0 Å². The van der Waals surface area contributed by atoms with Gasteiger partial charge in [0.25, 0.3) is 0 Å². The first kappa shape index (κ1) is 20.0. The Balaban J connectivity index is 3.06. The highest BCUT2D eigenvalue weighted by molar-refractivity contribution is 9.10. The van der Waals surface area contributed by atoms with Crippen molar-refractivity contribution in [2.24, 2.45) is 0 Å². The van der Waals surface area contributed by atoms with Crippen LogP contribution < -0.4 is 0 Å². The lowest BCUT2D eigenvalue weighted by Gasteiger charge is -2.33. The molecule has 23 heavy (non-hydrogen) atoms. The van der Waals surface area contributed by atoms with Crippen LogP contribution in [0.25, 0.3) is 0 Å². The molecular formula is C18H28BrNO3. The van der Waals surface area contributed by atoms with Crippen molar-refractivity contribution in [3.8, 4) is 0 Å². The molecule has 0 aliphatic heterocycles. The third kappa shape index (κ3) is 6.92. The summed E-state index contributed by atoms with van der Waals surface area (Å²) in [6, 6.07) is 7.82. The number of methoxy groups -OCH3 is 1. The second-order valence-electron chi connectivity index (χ2n) is 6.55. The largest absolute Gasteiger partial charge is 0.444 e. The Morgan fingerprint density at radius 1 is 1.26 bits per heavy atom. The molecule has 0 radical (unpaired) electrons. The first-order valence-electron chi connectivity index (χ1n) is 8.02. The summed E-state index contributed by atoms with van der Waals surface area (Å²) in [5.41, 5.74) is 0.524. The smallest absolute Gasteiger partial charge is 0.410 e. The molecule has 0 aliphatic rings. The van der Waals surface area contributed by atoms with Crippen LogP contribution in [-0.4, -0.2) is 36.9 Å². The van der Waals surface area contributed by atoms with E-state index in [1.807, 2.05) is 45.0 Å². The lowest BCUT2D eigenvalue weighted by molar-refractivity contribution is 0.00498. The van der Waals surface area contributed by atoms with Crippen molar-refractivity contribution in [2.45, 2.75) is 52.2 Å². The lowest BCUT2D eigenvalue weighted by atomic mass is 10.1. The van der Waals surface area contributed by atoms with Crippen molar-refractivity contribution in [2.75, 3.05) is 20.3 Å². The predicted octanol–water partition coefficient (Wildman–Crippen LogP) is 5.17. The van der Waals surface area contributed by atoms with Crippen LogP contribution in [0.5, 0.6) is 0 Å². The van der Waals surface area contributed by atoms with Gasteiger partial charge in [-0.3, -0.25) is 4.90 Å². The molecule has 0 bridgehead atoms. The third-order valence-corrected chi connectivity index (χ3v) is 3.86. The number of rotatable bonds is 7. The Morgan fingerprint density at radius 2 is 1.87 bits per heavy atom. The van der Waals surface area contributed by atoms with Crippen LogP contribution >= 0.6 is 15.9 Å². The Morgan fingerprint density at radius 3 is 2.35 bits per heavy atom. The minimum Gasteiger partial charge on any atom is -0.444 e. The van der Waals surface area contributed by atoms with E-state index in [0.29, 0.717) is 13.2 Å². The number of nitrogens with zero attached hydrogens (tertiary/aromatic N) is 1. The van der Waals surface area contributed by atoms with Gasteiger partial charge in [-0.15, -0.1) is 0 Å². The molecule has 4 nitrogen and oxygen atoms in total. The number of halogens is 1. The van der Waals surface area contributed by atoms with E-state index >= 15 is 0 Å². The summed E-state index contributed by atoms with van der Waals surface area (Å²) in [5.74, 6) is 0. The van der Waals surface area contributed by atoms with Gasteiger partial charge < -0.3 is 9.47 Å². The van der Waals surface area contributed by atoms with Gasteiger partial charge in [0, 0.05) is 18.1 Å². The van der Waals surface area contributed by atoms with E-state index in [9.17, 15) is 4.79 Å². The van der Waals surface area contributed by atoms with Gasteiger partial charge in [-0.05, 0) is 44.9 Å². The fourth-order valence-electron chi connectivity index (χ4n) is 2.23. The molecule has 5 heteroatoms. The standard InChI is InChI=1S/C18H28BrNO3/c1-6-7-12-20(17(21)23-18(2,3)4)16(13-22-5)14-8-10-15(19)11-9-14/h8-11,16H,6-7,12-13H2,1-5H3/t16-/m1/s1. The van der Waals surface area contributed by atoms with Gasteiger partial charge in [-0.1, -0.05) is 41.4 Å². The Labute approximate surface area is 148 Å². The molecule has 0 aliphatic carbocycles. The number of unbranched alkanes of at least 4 members (excludes halogenated alkanes) is 1. The fourth-order valence-corrected chi connectivity index (χ4v) is 2.50. The minimum atomic E-state index is -0.515. The molecule has 0 N–H and O–H groups in total. The van der Waals surface area contributed by atoms with Gasteiger partial charge in [-0.2, -0.15) is 0 Å². The molecule has 0 saturated carbocycles. The number of benzene rings is 1. The number of hydrogen-bond donors (Lipinski definition) is 0. The first-order valence-corrected chi connectivity index (χ1v) is 8.81. The van der Waals surface area contributed by atoms with Crippen molar-refractivity contribution < 1.29 is 14.3 Å². The second kappa shape index (κ2) is 9.28. The van der Waals surface area contributed by atoms with Crippen molar-refractivity contribution in [3.05, 3.63) is 34.3 Å². The molecule has 1 aromatic rings. The van der Waals surface area contributed by atoms with Crippen LogP contribution in [0.3, 0.4) is 0 Å². The van der Waals surface area contributed by atoms with E-state index in [2.05, 4.69) is 22.9 Å². The molecule has 0 unspecified atom stereocenters. The molecule has 0 aromatic heterocycles. The van der Waals surface area contributed by atoms with Gasteiger partial charge in [0.05, 0.1) is 12.6 Å². The number of ether oxygens (including phenoxy) is 2. The van der Waals surface area contributed by atoms with Crippen LogP contribution in [-0.2, 0) is 9.47 Å². The first-order chi connectivity index (χ1) is 10.8. The van der Waals surface area contributed by atoms with Crippen LogP contribution in [0.2, 0.25) is 0 Å². The van der Waals surface area contributed by atoms with E-state index in [-0.39, 0.29) is 12.1 Å². The van der Waals surface area contributed by atoms with Gasteiger partial charge in [0.15, 0.2) is 0 Å². The second-order valence-corrected chi connectivity index (χ2v) is 7.47. The fraction of sp³-hybridized carbons (Fsp3) is 0.611. The molecule has 0 heterocycles. The van der Waals surface area contributed by atoms with E-state index in [4.69, 9.17) is 9.47 Å². The van der Waals surface area contributed by atoms with Gasteiger partial charge in [0.1, 0.15) is 5.60 Å². The summed E-state index contributed by atoms with van der Waals surface area (Å²) < 4.78 is 12.0. The molecule has 0 fully saturated rings.